The van der Waals surface area contributed by atoms with Crippen molar-refractivity contribution >= 4 is 41.4 Å². The molecule has 150 valence electrons. The van der Waals surface area contributed by atoms with E-state index in [1.807, 2.05) is 0 Å². The van der Waals surface area contributed by atoms with Crippen LogP contribution in [0.1, 0.15) is 29.3 Å². The second-order valence-electron chi connectivity index (χ2n) is 6.14. The maximum atomic E-state index is 12.6. The Balaban J connectivity index is 2.50. The lowest BCUT2D eigenvalue weighted by molar-refractivity contribution is -0.134. The highest BCUT2D eigenvalue weighted by Gasteiger charge is 2.28. The summed E-state index contributed by atoms with van der Waals surface area (Å²) in [7, 11) is 0. The third kappa shape index (κ3) is 5.27. The molecule has 0 unspecified atom stereocenters. The van der Waals surface area contributed by atoms with E-state index < -0.39 is 40.8 Å². The molecule has 0 bridgehead atoms. The van der Waals surface area contributed by atoms with Gasteiger partial charge in [-0.25, -0.2) is 4.79 Å². The summed E-state index contributed by atoms with van der Waals surface area (Å²) < 4.78 is 10.3. The number of esters is 1. The Morgan fingerprint density at radius 1 is 1.25 bits per heavy atom. The van der Waals surface area contributed by atoms with Gasteiger partial charge in [-0.1, -0.05) is 29.8 Å². The van der Waals surface area contributed by atoms with Crippen molar-refractivity contribution in [2.45, 2.75) is 37.4 Å². The number of hydrogen-bond acceptors (Lipinski definition) is 7. The van der Waals surface area contributed by atoms with Crippen LogP contribution in [0.15, 0.2) is 30.4 Å². The molecule has 0 saturated carbocycles. The number of fused-ring (bicyclic) bond motifs is 1. The minimum absolute atomic E-state index is 0.0528. The summed E-state index contributed by atoms with van der Waals surface area (Å²) in [5.41, 5.74) is -0.373. The van der Waals surface area contributed by atoms with E-state index in [0.29, 0.717) is 0 Å². The second-order valence-corrected chi connectivity index (χ2v) is 7.02. The number of hydrogen-bond donors (Lipinski definition) is 2. The number of ether oxygens (including phenoxy) is 2. The normalized spacial score (nSPS) is 23.5. The quantitative estimate of drug-likeness (QED) is 0.422. The number of halogens is 2. The molecule has 1 aliphatic rings. The molecule has 1 aliphatic heterocycles. The van der Waals surface area contributed by atoms with Crippen molar-refractivity contribution in [3.8, 4) is 11.5 Å². The Hall–Kier alpha value is -2.51. The first-order chi connectivity index (χ1) is 13.2. The van der Waals surface area contributed by atoms with Gasteiger partial charge in [0.05, 0.1) is 10.4 Å². The number of alkyl halides is 1. The molecule has 3 atom stereocenters. The Morgan fingerprint density at radius 2 is 1.96 bits per heavy atom. The molecule has 0 radical (unpaired) electrons. The first-order valence-electron chi connectivity index (χ1n) is 8.29. The van der Waals surface area contributed by atoms with Crippen LogP contribution >= 0.6 is 23.2 Å². The summed E-state index contributed by atoms with van der Waals surface area (Å²) in [6.45, 7) is 1.80. The Kier molecular flexibility index (Phi) is 7.48. The smallest absolute Gasteiger partial charge is 0.342 e. The summed E-state index contributed by atoms with van der Waals surface area (Å²) in [6.07, 6.45) is 3.90. The van der Waals surface area contributed by atoms with E-state index in [-0.39, 0.29) is 35.5 Å². The SMILES string of the molecule is C[C@@H]1C[C@H](OC=O)[C@@H](Cl)C=CC=CC(=O)Cc2c(Cl)c(O)cc(O)c2C(=O)O1. The van der Waals surface area contributed by atoms with Gasteiger partial charge in [-0.15, -0.1) is 11.6 Å². The fourth-order valence-electron chi connectivity index (χ4n) is 2.72. The molecule has 0 spiro atoms. The van der Waals surface area contributed by atoms with Gasteiger partial charge in [-0.2, -0.15) is 0 Å². The molecule has 2 rings (SSSR count). The second kappa shape index (κ2) is 9.61. The van der Waals surface area contributed by atoms with Gasteiger partial charge in [0.1, 0.15) is 29.3 Å². The third-order valence-corrected chi connectivity index (χ3v) is 4.87. The summed E-state index contributed by atoms with van der Waals surface area (Å²) in [5.74, 6) is -2.43. The van der Waals surface area contributed by atoms with Crippen LogP contribution in [0.5, 0.6) is 11.5 Å². The highest BCUT2D eigenvalue weighted by molar-refractivity contribution is 6.33. The van der Waals surface area contributed by atoms with E-state index in [2.05, 4.69) is 0 Å². The minimum atomic E-state index is -0.942. The van der Waals surface area contributed by atoms with Crippen LogP contribution in [0.3, 0.4) is 0 Å². The van der Waals surface area contributed by atoms with Crippen molar-refractivity contribution in [1.29, 1.82) is 0 Å². The Labute approximate surface area is 171 Å². The molecule has 7 nitrogen and oxygen atoms in total. The molecule has 1 aromatic rings. The average molecular weight is 429 g/mol. The highest BCUT2D eigenvalue weighted by Crippen LogP contribution is 2.37. The van der Waals surface area contributed by atoms with Crippen molar-refractivity contribution in [1.82, 2.24) is 0 Å². The van der Waals surface area contributed by atoms with Crippen LogP contribution in [0.4, 0.5) is 0 Å². The zero-order valence-electron chi connectivity index (χ0n) is 14.8. The first kappa shape index (κ1) is 21.8. The topological polar surface area (TPSA) is 110 Å². The van der Waals surface area contributed by atoms with Gasteiger partial charge in [0, 0.05) is 24.5 Å². The lowest BCUT2D eigenvalue weighted by Crippen LogP contribution is -2.29. The largest absolute Gasteiger partial charge is 0.507 e. The number of phenolic OH excluding ortho intramolecular Hbond substituents is 2. The van der Waals surface area contributed by atoms with E-state index >= 15 is 0 Å². The number of allylic oxidation sites excluding steroid dienone is 3. The lowest BCUT2D eigenvalue weighted by Gasteiger charge is -2.23. The molecule has 0 aromatic heterocycles. The zero-order valence-corrected chi connectivity index (χ0v) is 16.3. The van der Waals surface area contributed by atoms with Crippen LogP contribution in [-0.2, 0) is 25.5 Å². The van der Waals surface area contributed by atoms with Gasteiger partial charge >= 0.3 is 5.97 Å². The van der Waals surface area contributed by atoms with Crippen LogP contribution in [0, 0.1) is 0 Å². The summed E-state index contributed by atoms with van der Waals surface area (Å²) in [4.78, 5) is 35.6. The monoisotopic (exact) mass is 428 g/mol. The number of carbonyl (C=O) groups is 3. The van der Waals surface area contributed by atoms with Crippen LogP contribution < -0.4 is 0 Å². The molecule has 2 N–H and O–H groups in total. The number of phenols is 2. The molecular weight excluding hydrogens is 411 g/mol. The van der Waals surface area contributed by atoms with E-state index in [1.165, 1.54) is 24.3 Å². The predicted octanol–water partition coefficient (Wildman–Crippen LogP) is 3.07. The molecule has 0 aliphatic carbocycles. The number of benzene rings is 1. The molecular formula is C19H18Cl2O7. The predicted molar refractivity (Wildman–Crippen MR) is 102 cm³/mol. The summed E-state index contributed by atoms with van der Waals surface area (Å²) in [6, 6.07) is 0.895. The van der Waals surface area contributed by atoms with Crippen molar-refractivity contribution in [3.63, 3.8) is 0 Å². The van der Waals surface area contributed by atoms with Gasteiger partial charge in [-0.3, -0.25) is 9.59 Å². The molecule has 9 heteroatoms. The molecule has 1 heterocycles. The van der Waals surface area contributed by atoms with E-state index in [1.54, 1.807) is 6.92 Å². The van der Waals surface area contributed by atoms with Gasteiger partial charge in [0.25, 0.3) is 6.47 Å². The van der Waals surface area contributed by atoms with Crippen molar-refractivity contribution < 1.29 is 34.1 Å². The maximum absolute atomic E-state index is 12.6. The van der Waals surface area contributed by atoms with Crippen molar-refractivity contribution in [2.24, 2.45) is 0 Å². The first-order valence-corrected chi connectivity index (χ1v) is 9.11. The van der Waals surface area contributed by atoms with Crippen molar-refractivity contribution in [3.05, 3.63) is 46.5 Å². The Morgan fingerprint density at radius 3 is 2.64 bits per heavy atom. The number of carbonyl (C=O) groups excluding carboxylic acids is 3. The standard InChI is InChI=1S/C19H18Cl2O7/c1-10-6-16(27-9-22)13(20)5-3-2-4-11(23)7-12-17(19(26)28-10)14(24)8-15(25)18(12)21/h2-5,8-10,13,16,24-25H,6-7H2,1H3/t10-,13+,16+/m1/s1. The van der Waals surface area contributed by atoms with Gasteiger partial charge in [-0.05, 0) is 13.0 Å². The maximum Gasteiger partial charge on any atom is 0.342 e. The van der Waals surface area contributed by atoms with Crippen molar-refractivity contribution in [2.75, 3.05) is 0 Å². The fraction of sp³-hybridized carbons (Fsp3) is 0.316. The van der Waals surface area contributed by atoms with E-state index in [4.69, 9.17) is 32.7 Å². The molecule has 28 heavy (non-hydrogen) atoms. The van der Waals surface area contributed by atoms with Gasteiger partial charge in [0.15, 0.2) is 5.78 Å². The highest BCUT2D eigenvalue weighted by atomic mass is 35.5. The fourth-order valence-corrected chi connectivity index (χ4v) is 3.18. The van der Waals surface area contributed by atoms with E-state index in [0.717, 1.165) is 6.07 Å². The third-order valence-electron chi connectivity index (χ3n) is 4.02. The molecule has 0 saturated heterocycles. The van der Waals surface area contributed by atoms with Crippen LogP contribution in [-0.4, -0.2) is 46.0 Å². The van der Waals surface area contributed by atoms with Gasteiger partial charge < -0.3 is 19.7 Å². The average Bonchev–Trinajstić information content (AvgIpc) is 2.61. The zero-order chi connectivity index (χ0) is 20.8. The summed E-state index contributed by atoms with van der Waals surface area (Å²) >= 11 is 12.2. The van der Waals surface area contributed by atoms with Crippen LogP contribution in [0.2, 0.25) is 5.02 Å². The van der Waals surface area contributed by atoms with E-state index in [9.17, 15) is 24.6 Å². The van der Waals surface area contributed by atoms with Crippen LogP contribution in [0.25, 0.3) is 0 Å². The number of cyclic esters (lactones) is 1. The molecule has 0 fully saturated rings. The number of rotatable bonds is 2. The number of ketones is 1. The minimum Gasteiger partial charge on any atom is -0.507 e. The molecule has 1 aromatic carbocycles. The molecule has 0 amide bonds. The number of aromatic hydroxyl groups is 2. The summed E-state index contributed by atoms with van der Waals surface area (Å²) in [5, 5.41) is 19.0. The lowest BCUT2D eigenvalue weighted by atomic mass is 9.99. The Bertz CT molecular complexity index is 832. The van der Waals surface area contributed by atoms with Gasteiger partial charge in [0.2, 0.25) is 0 Å².